The second-order valence-corrected chi connectivity index (χ2v) is 4.60. The maximum absolute atomic E-state index is 11.7. The minimum atomic E-state index is -0.493. The highest BCUT2D eigenvalue weighted by Crippen LogP contribution is 2.16. The molecule has 0 fully saturated rings. The Balaban J connectivity index is 2.90. The average molecular weight is 262 g/mol. The van der Waals surface area contributed by atoms with Gasteiger partial charge in [-0.05, 0) is 24.5 Å². The van der Waals surface area contributed by atoms with Crippen molar-refractivity contribution in [2.75, 3.05) is 18.2 Å². The molecule has 102 valence electrons. The maximum Gasteiger partial charge on any atom is 0.328 e. The van der Waals surface area contributed by atoms with Gasteiger partial charge in [0.1, 0.15) is 17.9 Å². The maximum atomic E-state index is 11.7. The lowest BCUT2D eigenvalue weighted by Crippen LogP contribution is -2.32. The summed E-state index contributed by atoms with van der Waals surface area (Å²) >= 11 is 0. The van der Waals surface area contributed by atoms with Gasteiger partial charge in [0.25, 0.3) is 0 Å². The fourth-order valence-electron chi connectivity index (χ4n) is 1.65. The van der Waals surface area contributed by atoms with E-state index in [0.29, 0.717) is 23.8 Å². The average Bonchev–Trinajstić information content (AvgIpc) is 2.38. The molecule has 0 bridgehead atoms. The van der Waals surface area contributed by atoms with E-state index in [-0.39, 0.29) is 11.7 Å². The Kier molecular flexibility index (Phi) is 5.12. The van der Waals surface area contributed by atoms with Crippen LogP contribution in [0.25, 0.3) is 0 Å². The molecule has 1 unspecified atom stereocenters. The normalized spacial score (nSPS) is 11.7. The van der Waals surface area contributed by atoms with Gasteiger partial charge in [-0.15, -0.1) is 0 Å². The lowest BCUT2D eigenvalue weighted by atomic mass is 10.0. The zero-order valence-corrected chi connectivity index (χ0v) is 11.3. The molecule has 0 spiro atoms. The van der Waals surface area contributed by atoms with Gasteiger partial charge in [-0.1, -0.05) is 13.8 Å². The molecule has 1 heterocycles. The van der Waals surface area contributed by atoms with Gasteiger partial charge in [-0.25, -0.2) is 9.78 Å². The van der Waals surface area contributed by atoms with Crippen LogP contribution in [0.3, 0.4) is 0 Å². The number of rotatable bonds is 5. The van der Waals surface area contributed by atoms with E-state index in [1.54, 1.807) is 12.1 Å². The first kappa shape index (κ1) is 14.8. The van der Waals surface area contributed by atoms with E-state index in [1.807, 2.05) is 19.9 Å². The van der Waals surface area contributed by atoms with Crippen LogP contribution in [0, 0.1) is 17.2 Å². The third kappa shape index (κ3) is 4.14. The van der Waals surface area contributed by atoms with Crippen molar-refractivity contribution in [1.29, 1.82) is 5.26 Å². The highest BCUT2D eigenvalue weighted by molar-refractivity contribution is 5.79. The molecule has 0 saturated heterocycles. The van der Waals surface area contributed by atoms with Gasteiger partial charge < -0.3 is 15.8 Å². The Bertz CT molecular complexity index is 494. The van der Waals surface area contributed by atoms with Crippen molar-refractivity contribution in [1.82, 2.24) is 4.98 Å². The zero-order valence-electron chi connectivity index (χ0n) is 11.3. The molecule has 0 aliphatic carbocycles. The van der Waals surface area contributed by atoms with Crippen molar-refractivity contribution >= 4 is 17.5 Å². The molecule has 0 saturated carbocycles. The summed E-state index contributed by atoms with van der Waals surface area (Å²) in [7, 11) is 1.34. The SMILES string of the molecule is COC(=O)C(CC(C)C)Nc1ccc(N)c(C#N)n1. The van der Waals surface area contributed by atoms with Crippen LogP contribution in [-0.4, -0.2) is 24.1 Å². The monoisotopic (exact) mass is 262 g/mol. The van der Waals surface area contributed by atoms with Crippen molar-refractivity contribution in [3.8, 4) is 6.07 Å². The molecule has 1 rings (SSSR count). The van der Waals surface area contributed by atoms with Gasteiger partial charge in [0.15, 0.2) is 5.69 Å². The molecular weight excluding hydrogens is 244 g/mol. The summed E-state index contributed by atoms with van der Waals surface area (Å²) in [5.74, 6) is 0.397. The summed E-state index contributed by atoms with van der Waals surface area (Å²) in [5.41, 5.74) is 6.04. The van der Waals surface area contributed by atoms with Crippen LogP contribution in [0.4, 0.5) is 11.5 Å². The van der Waals surface area contributed by atoms with Crippen molar-refractivity contribution in [3.05, 3.63) is 17.8 Å². The summed E-state index contributed by atoms with van der Waals surface area (Å²) in [4.78, 5) is 15.7. The molecule has 0 aliphatic rings. The number of nitrogens with one attached hydrogen (secondary N) is 1. The quantitative estimate of drug-likeness (QED) is 0.780. The molecule has 1 aromatic heterocycles. The van der Waals surface area contributed by atoms with Crippen LogP contribution in [0.15, 0.2) is 12.1 Å². The van der Waals surface area contributed by atoms with Gasteiger partial charge in [-0.2, -0.15) is 5.26 Å². The van der Waals surface area contributed by atoms with Crippen molar-refractivity contribution in [3.63, 3.8) is 0 Å². The molecule has 6 heteroatoms. The van der Waals surface area contributed by atoms with Crippen LogP contribution < -0.4 is 11.1 Å². The number of nitrogens with zero attached hydrogens (tertiary/aromatic N) is 2. The summed E-state index contributed by atoms with van der Waals surface area (Å²) in [5, 5.41) is 11.8. The highest BCUT2D eigenvalue weighted by Gasteiger charge is 2.21. The summed E-state index contributed by atoms with van der Waals surface area (Å²) < 4.78 is 4.75. The molecule has 0 aromatic carbocycles. The first-order valence-corrected chi connectivity index (χ1v) is 5.99. The van der Waals surface area contributed by atoms with E-state index in [9.17, 15) is 4.79 Å². The Labute approximate surface area is 112 Å². The Hall–Kier alpha value is -2.29. The fraction of sp³-hybridized carbons (Fsp3) is 0.462. The molecule has 0 amide bonds. The van der Waals surface area contributed by atoms with E-state index in [4.69, 9.17) is 15.7 Å². The largest absolute Gasteiger partial charge is 0.467 e. The molecule has 1 aromatic rings. The van der Waals surface area contributed by atoms with Gasteiger partial charge in [0.2, 0.25) is 0 Å². The number of esters is 1. The Morgan fingerprint density at radius 2 is 2.26 bits per heavy atom. The number of hydrogen-bond acceptors (Lipinski definition) is 6. The topological polar surface area (TPSA) is 101 Å². The van der Waals surface area contributed by atoms with Crippen molar-refractivity contribution in [2.24, 2.45) is 5.92 Å². The number of anilines is 2. The lowest BCUT2D eigenvalue weighted by Gasteiger charge is -2.19. The van der Waals surface area contributed by atoms with Crippen LogP contribution in [-0.2, 0) is 9.53 Å². The van der Waals surface area contributed by atoms with Crippen LogP contribution >= 0.6 is 0 Å². The first-order valence-electron chi connectivity index (χ1n) is 5.99. The smallest absolute Gasteiger partial charge is 0.328 e. The third-order valence-electron chi connectivity index (χ3n) is 2.55. The predicted molar refractivity (Wildman–Crippen MR) is 72.2 cm³/mol. The summed E-state index contributed by atoms with van der Waals surface area (Å²) in [6.07, 6.45) is 0.612. The number of carbonyl (C=O) groups is 1. The number of aromatic nitrogens is 1. The molecule has 0 aliphatic heterocycles. The number of nitrogens with two attached hydrogens (primary N) is 1. The molecule has 0 radical (unpaired) electrons. The van der Waals surface area contributed by atoms with E-state index in [0.717, 1.165) is 0 Å². The minimum Gasteiger partial charge on any atom is -0.467 e. The number of nitriles is 1. The Morgan fingerprint density at radius 1 is 1.58 bits per heavy atom. The van der Waals surface area contributed by atoms with Crippen LogP contribution in [0.2, 0.25) is 0 Å². The van der Waals surface area contributed by atoms with Crippen LogP contribution in [0.1, 0.15) is 26.0 Å². The molecule has 6 nitrogen and oxygen atoms in total. The number of methoxy groups -OCH3 is 1. The zero-order chi connectivity index (χ0) is 14.4. The fourth-order valence-corrected chi connectivity index (χ4v) is 1.65. The first-order chi connectivity index (χ1) is 8.97. The van der Waals surface area contributed by atoms with Crippen molar-refractivity contribution in [2.45, 2.75) is 26.3 Å². The molecule has 1 atom stereocenters. The standard InChI is InChI=1S/C13H18N4O2/c1-8(2)6-10(13(18)19-3)16-12-5-4-9(15)11(7-14)17-12/h4-5,8,10H,6,15H2,1-3H3,(H,16,17). The van der Waals surface area contributed by atoms with E-state index in [1.165, 1.54) is 7.11 Å². The second-order valence-electron chi connectivity index (χ2n) is 4.60. The summed E-state index contributed by atoms with van der Waals surface area (Å²) in [6, 6.07) is 4.62. The van der Waals surface area contributed by atoms with E-state index < -0.39 is 6.04 Å². The predicted octanol–water partition coefficient (Wildman–Crippen LogP) is 1.54. The van der Waals surface area contributed by atoms with Crippen LogP contribution in [0.5, 0.6) is 0 Å². The molecule has 3 N–H and O–H groups in total. The lowest BCUT2D eigenvalue weighted by molar-refractivity contribution is -0.141. The minimum absolute atomic E-state index is 0.137. The second kappa shape index (κ2) is 6.59. The van der Waals surface area contributed by atoms with Gasteiger partial charge in [-0.3, -0.25) is 0 Å². The number of hydrogen-bond donors (Lipinski definition) is 2. The van der Waals surface area contributed by atoms with E-state index in [2.05, 4.69) is 10.3 Å². The van der Waals surface area contributed by atoms with E-state index >= 15 is 0 Å². The number of nitrogen functional groups attached to an aromatic ring is 1. The Morgan fingerprint density at radius 3 is 2.79 bits per heavy atom. The number of ether oxygens (including phenoxy) is 1. The summed E-state index contributed by atoms with van der Waals surface area (Å²) in [6.45, 7) is 4.02. The number of carbonyl (C=O) groups excluding carboxylic acids is 1. The molecular formula is C13H18N4O2. The number of pyridine rings is 1. The third-order valence-corrected chi connectivity index (χ3v) is 2.55. The van der Waals surface area contributed by atoms with Gasteiger partial charge in [0, 0.05) is 0 Å². The van der Waals surface area contributed by atoms with Crippen molar-refractivity contribution < 1.29 is 9.53 Å². The van der Waals surface area contributed by atoms with Gasteiger partial charge in [0.05, 0.1) is 12.8 Å². The van der Waals surface area contributed by atoms with Gasteiger partial charge >= 0.3 is 5.97 Å². The molecule has 19 heavy (non-hydrogen) atoms. The highest BCUT2D eigenvalue weighted by atomic mass is 16.5.